The first-order chi connectivity index (χ1) is 12.6. The van der Waals surface area contributed by atoms with Crippen LogP contribution in [0.5, 0.6) is 11.5 Å². The number of hydrogen-bond donors (Lipinski definition) is 0. The van der Waals surface area contributed by atoms with Gasteiger partial charge >= 0.3 is 5.97 Å². The predicted molar refractivity (Wildman–Crippen MR) is 104 cm³/mol. The second kappa shape index (κ2) is 8.26. The molecule has 138 valence electrons. The molecule has 0 aliphatic carbocycles. The molecule has 0 spiro atoms. The molecular formula is C22H27NO3. The van der Waals surface area contributed by atoms with E-state index in [1.54, 1.807) is 0 Å². The van der Waals surface area contributed by atoms with Crippen molar-refractivity contribution in [2.45, 2.75) is 46.1 Å². The van der Waals surface area contributed by atoms with E-state index in [0.717, 1.165) is 42.1 Å². The Morgan fingerprint density at radius 3 is 2.65 bits per heavy atom. The average molecular weight is 353 g/mol. The number of ether oxygens (including phenoxy) is 2. The third kappa shape index (κ3) is 4.18. The molecule has 0 radical (unpaired) electrons. The van der Waals surface area contributed by atoms with Crippen LogP contribution >= 0.6 is 0 Å². The molecule has 3 rings (SSSR count). The molecule has 1 fully saturated rings. The first-order valence-corrected chi connectivity index (χ1v) is 9.35. The van der Waals surface area contributed by atoms with Gasteiger partial charge in [-0.05, 0) is 75.1 Å². The highest BCUT2D eigenvalue weighted by Gasteiger charge is 2.27. The maximum Gasteiger partial charge on any atom is 0.307 e. The summed E-state index contributed by atoms with van der Waals surface area (Å²) in [5.74, 6) is 1.60. The number of carbonyl (C=O) groups excluding carboxylic acids is 1. The number of hydrogen-bond acceptors (Lipinski definition) is 4. The van der Waals surface area contributed by atoms with Gasteiger partial charge in [0.25, 0.3) is 0 Å². The number of anilines is 1. The van der Waals surface area contributed by atoms with Gasteiger partial charge in [-0.25, -0.2) is 0 Å². The van der Waals surface area contributed by atoms with Gasteiger partial charge in [0.1, 0.15) is 11.5 Å². The van der Waals surface area contributed by atoms with E-state index in [-0.39, 0.29) is 12.0 Å². The quantitative estimate of drug-likeness (QED) is 0.684. The number of nitrogens with zero attached hydrogens (tertiary/aromatic N) is 1. The number of rotatable bonds is 6. The van der Waals surface area contributed by atoms with E-state index in [4.69, 9.17) is 9.47 Å². The zero-order valence-corrected chi connectivity index (χ0v) is 15.8. The number of esters is 1. The third-order valence-electron chi connectivity index (χ3n) is 5.04. The van der Waals surface area contributed by atoms with Crippen LogP contribution in [0, 0.1) is 13.8 Å². The lowest BCUT2D eigenvalue weighted by molar-refractivity contribution is -0.143. The second-order valence-electron chi connectivity index (χ2n) is 6.79. The molecule has 0 amide bonds. The third-order valence-corrected chi connectivity index (χ3v) is 5.04. The van der Waals surface area contributed by atoms with Gasteiger partial charge in [0.05, 0.1) is 13.0 Å². The first kappa shape index (κ1) is 18.3. The minimum atomic E-state index is -0.112. The molecule has 1 saturated heterocycles. The zero-order valence-electron chi connectivity index (χ0n) is 15.8. The Morgan fingerprint density at radius 1 is 1.15 bits per heavy atom. The van der Waals surface area contributed by atoms with Crippen molar-refractivity contribution in [1.82, 2.24) is 0 Å². The molecule has 0 bridgehead atoms. The average Bonchev–Trinajstić information content (AvgIpc) is 3.08. The topological polar surface area (TPSA) is 38.8 Å². The lowest BCUT2D eigenvalue weighted by atomic mass is 10.1. The van der Waals surface area contributed by atoms with Gasteiger partial charge in [-0.1, -0.05) is 12.1 Å². The van der Waals surface area contributed by atoms with E-state index in [2.05, 4.69) is 36.9 Å². The maximum absolute atomic E-state index is 11.8. The molecule has 4 heteroatoms. The number of aryl methyl sites for hydroxylation is 1. The van der Waals surface area contributed by atoms with Crippen LogP contribution < -0.4 is 9.64 Å². The fourth-order valence-electron chi connectivity index (χ4n) is 3.47. The molecule has 1 heterocycles. The SMILES string of the molecule is CCOC(=O)CC1CCCN1c1ccc(Oc2cccc(C)c2C)cc1. The van der Waals surface area contributed by atoms with Crippen molar-refractivity contribution in [1.29, 1.82) is 0 Å². The minimum absolute atomic E-state index is 0.112. The van der Waals surface area contributed by atoms with Gasteiger partial charge in [-0.2, -0.15) is 0 Å². The normalized spacial score (nSPS) is 16.6. The molecule has 2 aromatic carbocycles. The summed E-state index contributed by atoms with van der Waals surface area (Å²) in [5.41, 5.74) is 3.51. The van der Waals surface area contributed by atoms with Gasteiger partial charge in [0.2, 0.25) is 0 Å². The molecular weight excluding hydrogens is 326 g/mol. The summed E-state index contributed by atoms with van der Waals surface area (Å²) in [4.78, 5) is 14.1. The Hall–Kier alpha value is -2.49. The van der Waals surface area contributed by atoms with E-state index >= 15 is 0 Å². The van der Waals surface area contributed by atoms with Gasteiger partial charge in [0, 0.05) is 18.3 Å². The molecule has 1 aliphatic heterocycles. The molecule has 26 heavy (non-hydrogen) atoms. The summed E-state index contributed by atoms with van der Waals surface area (Å²) >= 11 is 0. The number of carbonyl (C=O) groups is 1. The van der Waals surface area contributed by atoms with E-state index in [0.29, 0.717) is 13.0 Å². The van der Waals surface area contributed by atoms with Crippen LogP contribution in [0.15, 0.2) is 42.5 Å². The smallest absolute Gasteiger partial charge is 0.307 e. The molecule has 1 atom stereocenters. The summed E-state index contributed by atoms with van der Waals surface area (Å²) in [6.45, 7) is 7.42. The van der Waals surface area contributed by atoms with Crippen molar-refractivity contribution >= 4 is 11.7 Å². The van der Waals surface area contributed by atoms with Crippen LogP contribution in [-0.4, -0.2) is 25.2 Å². The van der Waals surface area contributed by atoms with Crippen LogP contribution in [0.25, 0.3) is 0 Å². The molecule has 0 aromatic heterocycles. The lowest BCUT2D eigenvalue weighted by Gasteiger charge is -2.26. The van der Waals surface area contributed by atoms with Crippen molar-refractivity contribution in [2.75, 3.05) is 18.1 Å². The van der Waals surface area contributed by atoms with Crippen molar-refractivity contribution in [3.8, 4) is 11.5 Å². The van der Waals surface area contributed by atoms with Crippen LogP contribution in [0.3, 0.4) is 0 Å². The Labute approximate surface area is 155 Å². The lowest BCUT2D eigenvalue weighted by Crippen LogP contribution is -2.31. The Morgan fingerprint density at radius 2 is 1.92 bits per heavy atom. The summed E-state index contributed by atoms with van der Waals surface area (Å²) in [5, 5.41) is 0. The van der Waals surface area contributed by atoms with Crippen LogP contribution in [0.2, 0.25) is 0 Å². The van der Waals surface area contributed by atoms with Crippen LogP contribution in [-0.2, 0) is 9.53 Å². The largest absolute Gasteiger partial charge is 0.466 e. The fourth-order valence-corrected chi connectivity index (χ4v) is 3.47. The van der Waals surface area contributed by atoms with E-state index in [1.807, 2.05) is 31.2 Å². The summed E-state index contributed by atoms with van der Waals surface area (Å²) in [6, 6.07) is 14.5. The summed E-state index contributed by atoms with van der Waals surface area (Å²) in [6.07, 6.45) is 2.58. The fraction of sp³-hybridized carbons (Fsp3) is 0.409. The zero-order chi connectivity index (χ0) is 18.5. The Kier molecular flexibility index (Phi) is 5.82. The summed E-state index contributed by atoms with van der Waals surface area (Å²) < 4.78 is 11.1. The first-order valence-electron chi connectivity index (χ1n) is 9.35. The molecule has 0 N–H and O–H groups in total. The highest BCUT2D eigenvalue weighted by atomic mass is 16.5. The van der Waals surface area contributed by atoms with Crippen LogP contribution in [0.1, 0.15) is 37.3 Å². The summed E-state index contributed by atoms with van der Waals surface area (Å²) in [7, 11) is 0. The highest BCUT2D eigenvalue weighted by Crippen LogP contribution is 2.31. The minimum Gasteiger partial charge on any atom is -0.466 e. The van der Waals surface area contributed by atoms with E-state index in [1.165, 1.54) is 5.56 Å². The van der Waals surface area contributed by atoms with E-state index in [9.17, 15) is 4.79 Å². The van der Waals surface area contributed by atoms with Gasteiger partial charge < -0.3 is 14.4 Å². The van der Waals surface area contributed by atoms with Crippen molar-refractivity contribution < 1.29 is 14.3 Å². The standard InChI is InChI=1S/C22H27NO3/c1-4-25-22(24)15-19-8-6-14-23(19)18-10-12-20(13-11-18)26-21-9-5-7-16(2)17(21)3/h5,7,9-13,19H,4,6,8,14-15H2,1-3H3. The van der Waals surface area contributed by atoms with Gasteiger partial charge in [0.15, 0.2) is 0 Å². The van der Waals surface area contributed by atoms with Crippen molar-refractivity contribution in [2.24, 2.45) is 0 Å². The molecule has 1 unspecified atom stereocenters. The maximum atomic E-state index is 11.8. The van der Waals surface area contributed by atoms with Crippen molar-refractivity contribution in [3.63, 3.8) is 0 Å². The molecule has 1 aliphatic rings. The number of benzene rings is 2. The Balaban J connectivity index is 1.68. The highest BCUT2D eigenvalue weighted by molar-refractivity contribution is 5.71. The van der Waals surface area contributed by atoms with E-state index < -0.39 is 0 Å². The second-order valence-corrected chi connectivity index (χ2v) is 6.79. The predicted octanol–water partition coefficient (Wildman–Crippen LogP) is 5.02. The Bertz CT molecular complexity index is 754. The molecule has 2 aromatic rings. The van der Waals surface area contributed by atoms with Gasteiger partial charge in [-0.3, -0.25) is 4.79 Å². The van der Waals surface area contributed by atoms with Crippen molar-refractivity contribution in [3.05, 3.63) is 53.6 Å². The molecule has 0 saturated carbocycles. The van der Waals surface area contributed by atoms with Gasteiger partial charge in [-0.15, -0.1) is 0 Å². The monoisotopic (exact) mass is 353 g/mol. The van der Waals surface area contributed by atoms with Crippen LogP contribution in [0.4, 0.5) is 5.69 Å². The molecule has 4 nitrogen and oxygen atoms in total.